The van der Waals surface area contributed by atoms with Crippen LogP contribution in [0.2, 0.25) is 0 Å². The Labute approximate surface area is 105 Å². The highest BCUT2D eigenvalue weighted by Crippen LogP contribution is 2.61. The first-order chi connectivity index (χ1) is 7.85. The van der Waals surface area contributed by atoms with Gasteiger partial charge in [0.15, 0.2) is 0 Å². The first-order valence-corrected chi connectivity index (χ1v) is 7.25. The second kappa shape index (κ2) is 3.48. The third-order valence-corrected chi connectivity index (χ3v) is 5.84. The largest absolute Gasteiger partial charge is 0.390 e. The molecule has 0 spiro atoms. The van der Waals surface area contributed by atoms with Crippen molar-refractivity contribution in [1.82, 2.24) is 0 Å². The summed E-state index contributed by atoms with van der Waals surface area (Å²) in [5.74, 6) is 2.51. The van der Waals surface area contributed by atoms with Crippen molar-refractivity contribution in [3.05, 3.63) is 0 Å². The van der Waals surface area contributed by atoms with Gasteiger partial charge in [-0.05, 0) is 63.2 Å². The molecule has 3 aliphatic rings. The van der Waals surface area contributed by atoms with E-state index in [0.717, 1.165) is 25.2 Å². The highest BCUT2D eigenvalue weighted by atomic mass is 16.6. The van der Waals surface area contributed by atoms with Crippen LogP contribution in [-0.2, 0) is 4.74 Å². The molecule has 3 rings (SSSR count). The molecule has 0 aromatic carbocycles. The summed E-state index contributed by atoms with van der Waals surface area (Å²) in [4.78, 5) is 0. The number of ether oxygens (including phenoxy) is 1. The summed E-state index contributed by atoms with van der Waals surface area (Å²) in [6.45, 7) is 8.97. The van der Waals surface area contributed by atoms with Crippen molar-refractivity contribution in [3.63, 3.8) is 0 Å². The molecule has 2 heteroatoms. The lowest BCUT2D eigenvalue weighted by atomic mass is 9.56. The molecular weight excluding hydrogens is 212 g/mol. The molecule has 0 amide bonds. The summed E-state index contributed by atoms with van der Waals surface area (Å²) in [7, 11) is 0. The maximum Gasteiger partial charge on any atom is 0.0923 e. The molecule has 0 aromatic rings. The van der Waals surface area contributed by atoms with Crippen LogP contribution in [0.5, 0.6) is 0 Å². The van der Waals surface area contributed by atoms with E-state index in [1.165, 1.54) is 6.42 Å². The molecule has 2 nitrogen and oxygen atoms in total. The van der Waals surface area contributed by atoms with Crippen molar-refractivity contribution in [3.8, 4) is 0 Å². The molecule has 3 fully saturated rings. The molecule has 0 aromatic heterocycles. The Bertz CT molecular complexity index is 323. The van der Waals surface area contributed by atoms with Gasteiger partial charge >= 0.3 is 0 Å². The summed E-state index contributed by atoms with van der Waals surface area (Å²) >= 11 is 0. The second-order valence-electron chi connectivity index (χ2n) is 7.38. The first-order valence-electron chi connectivity index (χ1n) is 7.25. The zero-order valence-electron chi connectivity index (χ0n) is 11.6. The molecule has 98 valence electrons. The van der Waals surface area contributed by atoms with E-state index in [4.69, 9.17) is 4.74 Å². The van der Waals surface area contributed by atoms with Gasteiger partial charge in [0.1, 0.15) is 0 Å². The molecule has 6 atom stereocenters. The number of fused-ring (bicyclic) bond motifs is 3. The Morgan fingerprint density at radius 2 is 1.88 bits per heavy atom. The van der Waals surface area contributed by atoms with Crippen molar-refractivity contribution < 1.29 is 9.84 Å². The van der Waals surface area contributed by atoms with Gasteiger partial charge in [-0.25, -0.2) is 0 Å². The monoisotopic (exact) mass is 238 g/mol. The number of aliphatic hydroxyl groups is 1. The fourth-order valence-electron chi connectivity index (χ4n) is 4.65. The smallest absolute Gasteiger partial charge is 0.0923 e. The Hall–Kier alpha value is -0.0800. The highest BCUT2D eigenvalue weighted by Gasteiger charge is 2.65. The predicted molar refractivity (Wildman–Crippen MR) is 67.7 cm³/mol. The zero-order chi connectivity index (χ0) is 12.4. The fraction of sp³-hybridized carbons (Fsp3) is 1.00. The Balaban J connectivity index is 1.90. The summed E-state index contributed by atoms with van der Waals surface area (Å²) in [5, 5.41) is 10.6. The average molecular weight is 238 g/mol. The SMILES string of the molecule is CC(C)[C@H]1CC[C@](C)(O)[C@@H]2CC[C@]3(C)O[C@@H]3[C@H]12. The van der Waals surface area contributed by atoms with Crippen LogP contribution in [0.4, 0.5) is 0 Å². The number of epoxide rings is 1. The van der Waals surface area contributed by atoms with Crippen molar-refractivity contribution in [2.45, 2.75) is 70.7 Å². The Morgan fingerprint density at radius 1 is 1.18 bits per heavy atom. The van der Waals surface area contributed by atoms with Gasteiger partial charge in [0.25, 0.3) is 0 Å². The van der Waals surface area contributed by atoms with Gasteiger partial charge in [-0.3, -0.25) is 0 Å². The van der Waals surface area contributed by atoms with Gasteiger partial charge in [0.05, 0.1) is 17.3 Å². The molecule has 1 saturated heterocycles. The summed E-state index contributed by atoms with van der Waals surface area (Å²) in [6, 6.07) is 0. The van der Waals surface area contributed by atoms with E-state index >= 15 is 0 Å². The lowest BCUT2D eigenvalue weighted by Crippen LogP contribution is -2.52. The average Bonchev–Trinajstić information content (AvgIpc) is 2.89. The molecule has 1 N–H and O–H groups in total. The normalized spacial score (nSPS) is 57.5. The molecule has 1 aliphatic heterocycles. The number of hydrogen-bond donors (Lipinski definition) is 1. The van der Waals surface area contributed by atoms with Crippen molar-refractivity contribution in [1.29, 1.82) is 0 Å². The molecule has 1 heterocycles. The Kier molecular flexibility index (Phi) is 2.45. The van der Waals surface area contributed by atoms with Crippen LogP contribution in [0.25, 0.3) is 0 Å². The van der Waals surface area contributed by atoms with Gasteiger partial charge < -0.3 is 9.84 Å². The van der Waals surface area contributed by atoms with Crippen LogP contribution in [0, 0.1) is 23.7 Å². The zero-order valence-corrected chi connectivity index (χ0v) is 11.6. The van der Waals surface area contributed by atoms with Crippen LogP contribution in [0.3, 0.4) is 0 Å². The maximum absolute atomic E-state index is 10.6. The van der Waals surface area contributed by atoms with E-state index in [0.29, 0.717) is 23.9 Å². The molecule has 17 heavy (non-hydrogen) atoms. The van der Waals surface area contributed by atoms with Crippen molar-refractivity contribution >= 4 is 0 Å². The van der Waals surface area contributed by atoms with Gasteiger partial charge in [-0.1, -0.05) is 13.8 Å². The van der Waals surface area contributed by atoms with E-state index in [1.807, 2.05) is 6.92 Å². The minimum atomic E-state index is -0.455. The third kappa shape index (κ3) is 1.67. The lowest BCUT2D eigenvalue weighted by Gasteiger charge is -2.50. The summed E-state index contributed by atoms with van der Waals surface area (Å²) < 4.78 is 6.00. The van der Waals surface area contributed by atoms with E-state index in [-0.39, 0.29) is 5.60 Å². The van der Waals surface area contributed by atoms with Crippen molar-refractivity contribution in [2.75, 3.05) is 0 Å². The van der Waals surface area contributed by atoms with E-state index in [1.54, 1.807) is 0 Å². The molecule has 0 unspecified atom stereocenters. The minimum absolute atomic E-state index is 0.154. The molecular formula is C15H26O2. The molecule has 2 saturated carbocycles. The summed E-state index contributed by atoms with van der Waals surface area (Å²) in [6.07, 6.45) is 4.86. The van der Waals surface area contributed by atoms with Gasteiger partial charge in [0.2, 0.25) is 0 Å². The van der Waals surface area contributed by atoms with Gasteiger partial charge in [-0.2, -0.15) is 0 Å². The van der Waals surface area contributed by atoms with Crippen LogP contribution < -0.4 is 0 Å². The molecule has 2 aliphatic carbocycles. The number of hydrogen-bond acceptors (Lipinski definition) is 2. The first kappa shape index (κ1) is 12.0. The molecule has 0 bridgehead atoms. The topological polar surface area (TPSA) is 32.8 Å². The predicted octanol–water partition coefficient (Wildman–Crippen LogP) is 2.99. The van der Waals surface area contributed by atoms with E-state index in [2.05, 4.69) is 20.8 Å². The Morgan fingerprint density at radius 3 is 2.53 bits per heavy atom. The van der Waals surface area contributed by atoms with Crippen LogP contribution >= 0.6 is 0 Å². The summed E-state index contributed by atoms with van der Waals surface area (Å²) in [5.41, 5.74) is -0.301. The molecule has 0 radical (unpaired) electrons. The maximum atomic E-state index is 10.6. The van der Waals surface area contributed by atoms with Crippen molar-refractivity contribution in [2.24, 2.45) is 23.7 Å². The second-order valence-corrected chi connectivity index (χ2v) is 7.38. The minimum Gasteiger partial charge on any atom is -0.390 e. The van der Waals surface area contributed by atoms with Crippen LogP contribution in [0.1, 0.15) is 53.4 Å². The highest BCUT2D eigenvalue weighted by molar-refractivity contribution is 5.13. The van der Waals surface area contributed by atoms with E-state index < -0.39 is 5.60 Å². The van der Waals surface area contributed by atoms with Crippen LogP contribution in [0.15, 0.2) is 0 Å². The quantitative estimate of drug-likeness (QED) is 0.712. The van der Waals surface area contributed by atoms with Crippen LogP contribution in [-0.4, -0.2) is 22.4 Å². The number of rotatable bonds is 1. The van der Waals surface area contributed by atoms with E-state index in [9.17, 15) is 5.11 Å². The lowest BCUT2D eigenvalue weighted by molar-refractivity contribution is -0.102. The van der Waals surface area contributed by atoms with Gasteiger partial charge in [-0.15, -0.1) is 0 Å². The third-order valence-electron chi connectivity index (χ3n) is 5.84. The fourth-order valence-corrected chi connectivity index (χ4v) is 4.65. The standard InChI is InChI=1S/C15H26O2/c1-9(2)10-5-7-14(3,16)11-6-8-15(4)13(17-15)12(10)11/h9-13,16H,5-8H2,1-4H3/t10-,11-,12-,13-,14+,15+/m1/s1. The van der Waals surface area contributed by atoms with Gasteiger partial charge in [0, 0.05) is 0 Å².